The molecule has 0 saturated heterocycles. The smallest absolute Gasteiger partial charge is 0.204 e. The Kier molecular flexibility index (Phi) is 5.38. The lowest BCUT2D eigenvalue weighted by Crippen LogP contribution is -2.47. The van der Waals surface area contributed by atoms with E-state index in [0.717, 1.165) is 28.6 Å². The second-order valence-corrected chi connectivity index (χ2v) is 7.89. The Morgan fingerprint density at radius 2 is 2.04 bits per heavy atom. The van der Waals surface area contributed by atoms with Crippen LogP contribution in [-0.2, 0) is 0 Å². The molecule has 6 heteroatoms. The second kappa shape index (κ2) is 7.57. The van der Waals surface area contributed by atoms with Crippen molar-refractivity contribution >= 4 is 15.9 Å². The van der Waals surface area contributed by atoms with Gasteiger partial charge in [-0.25, -0.2) is 0 Å². The molecule has 0 bridgehead atoms. The van der Waals surface area contributed by atoms with Crippen LogP contribution in [0, 0.1) is 45.3 Å². The average molecular weight is 422 g/mol. The number of hydrogen-bond donors (Lipinski definition) is 1. The molecule has 2 aliphatic rings. The molecule has 0 saturated carbocycles. The Morgan fingerprint density at radius 1 is 1.30 bits per heavy atom. The SMILES string of the molecule is CCCN1CC=C2[C@@H](C1)[C@H](c1cccc(Br)c1)C(C#N)=C(N)C2(C#N)C#N. The Labute approximate surface area is 168 Å². The van der Waals surface area contributed by atoms with Gasteiger partial charge in [-0.1, -0.05) is 41.1 Å². The van der Waals surface area contributed by atoms with Gasteiger partial charge in [-0.15, -0.1) is 0 Å². The zero-order valence-electron chi connectivity index (χ0n) is 15.1. The standard InChI is InChI=1S/C21H20BrN5/c1-2-7-27-8-6-18-17(11-27)19(14-4-3-5-15(22)9-14)16(10-23)20(26)21(18,12-24)13-25/h3-6,9,17,19H,2,7-8,11,26H2,1H3/t17-,19-/m1/s1. The van der Waals surface area contributed by atoms with Crippen molar-refractivity contribution in [3.05, 3.63) is 57.2 Å². The molecular weight excluding hydrogens is 402 g/mol. The summed E-state index contributed by atoms with van der Waals surface area (Å²) in [4.78, 5) is 2.30. The lowest BCUT2D eigenvalue weighted by Gasteiger charge is -2.45. The van der Waals surface area contributed by atoms with Crippen LogP contribution in [-0.4, -0.2) is 24.5 Å². The summed E-state index contributed by atoms with van der Waals surface area (Å²) in [5.41, 5.74) is 6.85. The molecule has 1 aromatic carbocycles. The molecular formula is C21H20BrN5. The van der Waals surface area contributed by atoms with Crippen LogP contribution < -0.4 is 5.73 Å². The van der Waals surface area contributed by atoms with E-state index in [1.165, 1.54) is 0 Å². The van der Waals surface area contributed by atoms with E-state index in [4.69, 9.17) is 5.73 Å². The first kappa shape index (κ1) is 19.2. The van der Waals surface area contributed by atoms with Gasteiger partial charge in [-0.3, -0.25) is 4.90 Å². The van der Waals surface area contributed by atoms with E-state index >= 15 is 0 Å². The van der Waals surface area contributed by atoms with Crippen molar-refractivity contribution in [2.75, 3.05) is 19.6 Å². The molecule has 2 atom stereocenters. The Balaban J connectivity index is 2.26. The second-order valence-electron chi connectivity index (χ2n) is 6.97. The summed E-state index contributed by atoms with van der Waals surface area (Å²) >= 11 is 3.50. The summed E-state index contributed by atoms with van der Waals surface area (Å²) in [5.74, 6) is -0.408. The van der Waals surface area contributed by atoms with E-state index in [-0.39, 0.29) is 17.5 Å². The van der Waals surface area contributed by atoms with E-state index in [9.17, 15) is 15.8 Å². The molecule has 3 rings (SSSR count). The number of halogens is 1. The van der Waals surface area contributed by atoms with E-state index in [1.807, 2.05) is 30.3 Å². The van der Waals surface area contributed by atoms with Crippen molar-refractivity contribution in [3.8, 4) is 18.2 Å². The minimum Gasteiger partial charge on any atom is -0.399 e. The van der Waals surface area contributed by atoms with Crippen LogP contribution in [0.4, 0.5) is 0 Å². The van der Waals surface area contributed by atoms with E-state index in [2.05, 4.69) is 46.0 Å². The molecule has 1 heterocycles. The third-order valence-corrected chi connectivity index (χ3v) is 5.96. The summed E-state index contributed by atoms with van der Waals surface area (Å²) in [6.45, 7) is 4.43. The van der Waals surface area contributed by atoms with Gasteiger partial charge < -0.3 is 5.73 Å². The first-order chi connectivity index (χ1) is 13.0. The van der Waals surface area contributed by atoms with Crippen LogP contribution in [0.3, 0.4) is 0 Å². The van der Waals surface area contributed by atoms with Crippen LogP contribution in [0.25, 0.3) is 0 Å². The predicted molar refractivity (Wildman–Crippen MR) is 106 cm³/mol. The van der Waals surface area contributed by atoms with E-state index < -0.39 is 5.41 Å². The van der Waals surface area contributed by atoms with Crippen LogP contribution in [0.5, 0.6) is 0 Å². The number of hydrogen-bond acceptors (Lipinski definition) is 5. The average Bonchev–Trinajstić information content (AvgIpc) is 2.68. The first-order valence-electron chi connectivity index (χ1n) is 8.93. The highest BCUT2D eigenvalue weighted by Gasteiger charge is 2.52. The minimum atomic E-state index is -1.56. The Hall–Kier alpha value is -2.59. The molecule has 5 nitrogen and oxygen atoms in total. The van der Waals surface area contributed by atoms with Crippen molar-refractivity contribution in [1.82, 2.24) is 4.90 Å². The van der Waals surface area contributed by atoms with Crippen molar-refractivity contribution in [2.24, 2.45) is 17.1 Å². The summed E-state index contributed by atoms with van der Waals surface area (Å²) in [6.07, 6.45) is 2.99. The third kappa shape index (κ3) is 3.04. The molecule has 0 fully saturated rings. The van der Waals surface area contributed by atoms with Crippen molar-refractivity contribution in [3.63, 3.8) is 0 Å². The van der Waals surface area contributed by atoms with Crippen LogP contribution in [0.2, 0.25) is 0 Å². The summed E-state index contributed by atoms with van der Waals surface area (Å²) < 4.78 is 0.917. The molecule has 0 radical (unpaired) electrons. The highest BCUT2D eigenvalue weighted by molar-refractivity contribution is 9.10. The minimum absolute atomic E-state index is 0.0754. The number of allylic oxidation sites excluding steroid dienone is 2. The molecule has 0 aromatic heterocycles. The summed E-state index contributed by atoms with van der Waals surface area (Å²) in [5, 5.41) is 29.6. The molecule has 0 spiro atoms. The van der Waals surface area contributed by atoms with E-state index in [1.54, 1.807) is 0 Å². The van der Waals surface area contributed by atoms with Gasteiger partial charge in [-0.2, -0.15) is 15.8 Å². The maximum atomic E-state index is 9.89. The maximum absolute atomic E-state index is 9.89. The lowest BCUT2D eigenvalue weighted by atomic mass is 9.60. The maximum Gasteiger partial charge on any atom is 0.204 e. The largest absolute Gasteiger partial charge is 0.399 e. The zero-order valence-corrected chi connectivity index (χ0v) is 16.7. The molecule has 0 amide bonds. The molecule has 0 unspecified atom stereocenters. The summed E-state index contributed by atoms with van der Waals surface area (Å²) in [7, 11) is 0. The molecule has 27 heavy (non-hydrogen) atoms. The fraction of sp³-hybridized carbons (Fsp3) is 0.381. The fourth-order valence-electron chi connectivity index (χ4n) is 4.27. The highest BCUT2D eigenvalue weighted by Crippen LogP contribution is 2.52. The molecule has 136 valence electrons. The number of benzene rings is 1. The van der Waals surface area contributed by atoms with Crippen molar-refractivity contribution < 1.29 is 0 Å². The monoisotopic (exact) mass is 421 g/mol. The normalized spacial score (nSPS) is 24.2. The Morgan fingerprint density at radius 3 is 2.63 bits per heavy atom. The van der Waals surface area contributed by atoms with Gasteiger partial charge in [0.2, 0.25) is 5.41 Å². The van der Waals surface area contributed by atoms with Gasteiger partial charge in [-0.05, 0) is 36.2 Å². The van der Waals surface area contributed by atoms with Gasteiger partial charge in [0.1, 0.15) is 0 Å². The van der Waals surface area contributed by atoms with Gasteiger partial charge in [0, 0.05) is 29.4 Å². The van der Waals surface area contributed by atoms with Gasteiger partial charge >= 0.3 is 0 Å². The van der Waals surface area contributed by atoms with Crippen molar-refractivity contribution in [2.45, 2.75) is 19.3 Å². The van der Waals surface area contributed by atoms with Gasteiger partial charge in [0.25, 0.3) is 0 Å². The number of rotatable bonds is 3. The van der Waals surface area contributed by atoms with Gasteiger partial charge in [0.15, 0.2) is 0 Å². The number of nitriles is 3. The fourth-order valence-corrected chi connectivity index (χ4v) is 4.69. The molecule has 2 N–H and O–H groups in total. The lowest BCUT2D eigenvalue weighted by molar-refractivity contribution is 0.225. The van der Waals surface area contributed by atoms with E-state index in [0.29, 0.717) is 18.7 Å². The first-order valence-corrected chi connectivity index (χ1v) is 9.72. The Bertz CT molecular complexity index is 927. The summed E-state index contributed by atoms with van der Waals surface area (Å²) in [6, 6.07) is 14.3. The van der Waals surface area contributed by atoms with Crippen molar-refractivity contribution in [1.29, 1.82) is 15.8 Å². The van der Waals surface area contributed by atoms with Crippen LogP contribution in [0.1, 0.15) is 24.8 Å². The highest BCUT2D eigenvalue weighted by atomic mass is 79.9. The quantitative estimate of drug-likeness (QED) is 0.751. The topological polar surface area (TPSA) is 101 Å². The van der Waals surface area contributed by atoms with Crippen LogP contribution in [0.15, 0.2) is 51.7 Å². The molecule has 1 aromatic rings. The predicted octanol–water partition coefficient (Wildman–Crippen LogP) is 3.58. The number of nitrogens with two attached hydrogens (primary N) is 1. The molecule has 1 aliphatic heterocycles. The zero-order chi connectivity index (χ0) is 19.6. The van der Waals surface area contributed by atoms with Gasteiger partial charge in [0.05, 0.1) is 29.5 Å². The molecule has 1 aliphatic carbocycles. The number of fused-ring (bicyclic) bond motifs is 1. The van der Waals surface area contributed by atoms with Crippen LogP contribution >= 0.6 is 15.9 Å². The third-order valence-electron chi connectivity index (χ3n) is 5.47. The number of nitrogens with zero attached hydrogens (tertiary/aromatic N) is 4.